The lowest BCUT2D eigenvalue weighted by Crippen LogP contribution is -2.52. The van der Waals surface area contributed by atoms with E-state index < -0.39 is 46.5 Å². The van der Waals surface area contributed by atoms with Crippen molar-refractivity contribution in [3.8, 4) is 6.07 Å². The minimum absolute atomic E-state index is 0.00497. The molecule has 3 atom stereocenters. The molecule has 1 saturated carbocycles. The fourth-order valence-electron chi connectivity index (χ4n) is 6.79. The summed E-state index contributed by atoms with van der Waals surface area (Å²) in [5.41, 5.74) is -1.59. The number of anilines is 1. The number of fused-ring (bicyclic) bond motifs is 1. The third kappa shape index (κ3) is 4.65. The Morgan fingerprint density at radius 2 is 1.77 bits per heavy atom. The van der Waals surface area contributed by atoms with Gasteiger partial charge in [-0.2, -0.15) is 5.26 Å². The number of amides is 1. The average molecular weight is 637 g/mol. The number of hydrogen-bond acceptors (Lipinski definition) is 4. The van der Waals surface area contributed by atoms with Gasteiger partial charge in [0.1, 0.15) is 28.9 Å². The summed E-state index contributed by atoms with van der Waals surface area (Å²) < 4.78 is 32.1. The van der Waals surface area contributed by atoms with Crippen molar-refractivity contribution in [3.05, 3.63) is 105 Å². The van der Waals surface area contributed by atoms with E-state index in [9.17, 15) is 20.0 Å². The topological polar surface area (TPSA) is 84.6 Å². The number of carbonyl (C=O) groups is 2. The van der Waals surface area contributed by atoms with Gasteiger partial charge in [0.25, 0.3) is 5.91 Å². The number of aromatic carboxylic acids is 1. The van der Waals surface area contributed by atoms with Crippen LogP contribution in [0.2, 0.25) is 10.0 Å². The smallest absolute Gasteiger partial charge is 0.335 e. The molecule has 1 amide bonds. The van der Waals surface area contributed by atoms with Crippen LogP contribution < -0.4 is 4.90 Å². The lowest BCUT2D eigenvalue weighted by Gasteiger charge is -2.43. The molecule has 226 valence electrons. The highest BCUT2D eigenvalue weighted by Gasteiger charge is 2.65. The second-order valence-corrected chi connectivity index (χ2v) is 13.7. The second-order valence-electron chi connectivity index (χ2n) is 12.8. The first-order valence-electron chi connectivity index (χ1n) is 14.3. The quantitative estimate of drug-likeness (QED) is 0.296. The van der Waals surface area contributed by atoms with Crippen LogP contribution in [0.15, 0.2) is 66.4 Å². The highest BCUT2D eigenvalue weighted by molar-refractivity contribution is 6.31. The van der Waals surface area contributed by atoms with Crippen LogP contribution in [0.25, 0.3) is 5.57 Å². The Kier molecular flexibility index (Phi) is 7.26. The maximum Gasteiger partial charge on any atom is 0.335 e. The van der Waals surface area contributed by atoms with Crippen molar-refractivity contribution >= 4 is 46.3 Å². The lowest BCUT2D eigenvalue weighted by atomic mass is 9.65. The molecule has 2 fully saturated rings. The Morgan fingerprint density at radius 3 is 2.34 bits per heavy atom. The van der Waals surface area contributed by atoms with Crippen LogP contribution in [0, 0.1) is 34.3 Å². The number of carboxylic acids is 1. The van der Waals surface area contributed by atoms with Gasteiger partial charge < -0.3 is 10.0 Å². The third-order valence-electron chi connectivity index (χ3n) is 8.69. The van der Waals surface area contributed by atoms with E-state index in [0.29, 0.717) is 12.1 Å². The van der Waals surface area contributed by atoms with E-state index in [4.69, 9.17) is 23.2 Å². The Morgan fingerprint density at radius 1 is 1.09 bits per heavy atom. The van der Waals surface area contributed by atoms with Gasteiger partial charge in [-0.15, -0.1) is 0 Å². The normalized spacial score (nSPS) is 23.3. The summed E-state index contributed by atoms with van der Waals surface area (Å²) >= 11 is 12.4. The van der Waals surface area contributed by atoms with Crippen LogP contribution in [0.3, 0.4) is 0 Å². The Balaban J connectivity index is 1.71. The Hall–Kier alpha value is -3.93. The van der Waals surface area contributed by atoms with Crippen LogP contribution >= 0.6 is 23.2 Å². The maximum atomic E-state index is 16.1. The monoisotopic (exact) mass is 635 g/mol. The van der Waals surface area contributed by atoms with E-state index in [0.717, 1.165) is 18.9 Å². The van der Waals surface area contributed by atoms with Gasteiger partial charge in [0, 0.05) is 27.4 Å². The molecular formula is C34H29Cl2F2N3O3. The van der Waals surface area contributed by atoms with E-state index in [-0.39, 0.29) is 43.9 Å². The molecule has 3 aliphatic rings. The molecule has 2 aliphatic heterocycles. The summed E-state index contributed by atoms with van der Waals surface area (Å²) in [6.07, 6.45) is 1.40. The van der Waals surface area contributed by atoms with E-state index in [1.54, 1.807) is 17.0 Å². The highest BCUT2D eigenvalue weighted by Crippen LogP contribution is 2.60. The fraction of sp³-hybridized carbons (Fsp3) is 0.324. The molecule has 1 aliphatic carbocycles. The molecule has 10 heteroatoms. The molecule has 2 heterocycles. The highest BCUT2D eigenvalue weighted by atomic mass is 35.5. The molecule has 3 aromatic carbocycles. The zero-order chi connectivity index (χ0) is 31.7. The first-order valence-corrected chi connectivity index (χ1v) is 15.1. The SMILES string of the molecule is CC(C)(C)C[C@@H]1N2C(=C(c3cccc(Cl)c3F)[C@@]1(C#N)c1ccc(Cl)cc1F)C(=O)N(c1ccc(C(=O)O)cc1)[C@H]2C1CC1. The van der Waals surface area contributed by atoms with Gasteiger partial charge in [0.15, 0.2) is 0 Å². The van der Waals surface area contributed by atoms with E-state index in [1.807, 2.05) is 25.7 Å². The van der Waals surface area contributed by atoms with Crippen LogP contribution in [0.4, 0.5) is 14.5 Å². The molecule has 3 aromatic rings. The second kappa shape index (κ2) is 10.6. The van der Waals surface area contributed by atoms with E-state index in [1.165, 1.54) is 42.5 Å². The van der Waals surface area contributed by atoms with Gasteiger partial charge in [0.05, 0.1) is 22.7 Å². The average Bonchev–Trinajstić information content (AvgIpc) is 3.71. The number of benzene rings is 3. The number of carbonyl (C=O) groups excluding carboxylic acids is 1. The fourth-order valence-corrected chi connectivity index (χ4v) is 7.12. The van der Waals surface area contributed by atoms with Gasteiger partial charge in [-0.25, -0.2) is 13.6 Å². The summed E-state index contributed by atoms with van der Waals surface area (Å²) in [6.45, 7) is 5.99. The molecule has 0 radical (unpaired) electrons. The van der Waals surface area contributed by atoms with Crippen LogP contribution in [0.1, 0.15) is 61.5 Å². The minimum atomic E-state index is -1.81. The van der Waals surface area contributed by atoms with Gasteiger partial charge in [-0.3, -0.25) is 9.69 Å². The summed E-state index contributed by atoms with van der Waals surface area (Å²) in [5.74, 6) is -3.12. The maximum absolute atomic E-state index is 16.1. The van der Waals surface area contributed by atoms with Crippen molar-refractivity contribution in [2.24, 2.45) is 11.3 Å². The van der Waals surface area contributed by atoms with Crippen LogP contribution in [-0.2, 0) is 10.2 Å². The van der Waals surface area contributed by atoms with Crippen molar-refractivity contribution in [1.82, 2.24) is 4.90 Å². The standard InChI is InChI=1S/C34H29Cl2F2N3O3/c1-33(2,3)16-26-34(17-39,23-14-11-20(35)15-25(23)37)27(22-5-4-6-24(36)28(22)38)29-31(42)40(30(41(26)29)18-7-8-18)21-12-9-19(10-13-21)32(43)44/h4-6,9-15,18,26,30H,7-8,16H2,1-3H3,(H,43,44)/t26-,30+,34-/m0/s1. The van der Waals surface area contributed by atoms with Gasteiger partial charge in [-0.05, 0) is 73.1 Å². The molecule has 6 nitrogen and oxygen atoms in total. The number of rotatable bonds is 6. The number of nitrogens with zero attached hydrogens (tertiary/aromatic N) is 3. The van der Waals surface area contributed by atoms with Crippen molar-refractivity contribution in [3.63, 3.8) is 0 Å². The molecule has 1 N–H and O–H groups in total. The number of nitriles is 1. The summed E-state index contributed by atoms with van der Waals surface area (Å²) in [7, 11) is 0. The molecule has 0 unspecified atom stereocenters. The minimum Gasteiger partial charge on any atom is -0.478 e. The predicted octanol–water partition coefficient (Wildman–Crippen LogP) is 8.05. The molecule has 0 spiro atoms. The Labute approximate surface area is 264 Å². The zero-order valence-corrected chi connectivity index (χ0v) is 25.8. The summed E-state index contributed by atoms with van der Waals surface area (Å²) in [6, 6.07) is 16.1. The van der Waals surface area contributed by atoms with E-state index in [2.05, 4.69) is 6.07 Å². The zero-order valence-electron chi connectivity index (χ0n) is 24.2. The van der Waals surface area contributed by atoms with Gasteiger partial charge in [-0.1, -0.05) is 62.2 Å². The molecule has 44 heavy (non-hydrogen) atoms. The molecule has 6 rings (SSSR count). The molecule has 0 aromatic heterocycles. The summed E-state index contributed by atoms with van der Waals surface area (Å²) in [5, 5.41) is 20.6. The van der Waals surface area contributed by atoms with Crippen molar-refractivity contribution in [2.75, 3.05) is 4.90 Å². The Bertz CT molecular complexity index is 1780. The number of halogens is 4. The van der Waals surface area contributed by atoms with E-state index >= 15 is 8.78 Å². The van der Waals surface area contributed by atoms with Crippen molar-refractivity contribution < 1.29 is 23.5 Å². The first-order chi connectivity index (χ1) is 20.8. The molecule has 0 bridgehead atoms. The largest absolute Gasteiger partial charge is 0.478 e. The number of carboxylic acid groups (broad SMARTS) is 1. The van der Waals surface area contributed by atoms with Gasteiger partial charge in [0.2, 0.25) is 0 Å². The number of hydrogen-bond donors (Lipinski definition) is 1. The molecular weight excluding hydrogens is 607 g/mol. The molecule has 1 saturated heterocycles. The van der Waals surface area contributed by atoms with Crippen molar-refractivity contribution in [1.29, 1.82) is 5.26 Å². The third-order valence-corrected chi connectivity index (χ3v) is 9.22. The van der Waals surface area contributed by atoms with Crippen molar-refractivity contribution in [2.45, 2.75) is 57.7 Å². The van der Waals surface area contributed by atoms with Gasteiger partial charge >= 0.3 is 5.97 Å². The summed E-state index contributed by atoms with van der Waals surface area (Å²) in [4.78, 5) is 29.8. The van der Waals surface area contributed by atoms with Crippen LogP contribution in [-0.4, -0.2) is 34.1 Å². The van der Waals surface area contributed by atoms with Crippen LogP contribution in [0.5, 0.6) is 0 Å². The lowest BCUT2D eigenvalue weighted by molar-refractivity contribution is -0.114. The first kappa shape index (κ1) is 30.1. The predicted molar refractivity (Wildman–Crippen MR) is 164 cm³/mol.